The van der Waals surface area contributed by atoms with Crippen molar-refractivity contribution in [3.63, 3.8) is 0 Å². The summed E-state index contributed by atoms with van der Waals surface area (Å²) in [4.78, 5) is 10.9. The van der Waals surface area contributed by atoms with Crippen LogP contribution in [0.4, 0.5) is 0 Å². The molecular formula is C10H16O2. The van der Waals surface area contributed by atoms with E-state index in [1.54, 1.807) is 0 Å². The smallest absolute Gasteiger partial charge is 0.305 e. The van der Waals surface area contributed by atoms with Gasteiger partial charge >= 0.3 is 5.97 Å². The molecule has 1 atom stereocenters. The van der Waals surface area contributed by atoms with Gasteiger partial charge in [-0.2, -0.15) is 0 Å². The lowest BCUT2D eigenvalue weighted by atomic mass is 9.94. The Morgan fingerprint density at radius 1 is 1.75 bits per heavy atom. The minimum atomic E-state index is -0.0882. The van der Waals surface area contributed by atoms with Crippen LogP contribution in [0.3, 0.4) is 0 Å². The van der Waals surface area contributed by atoms with Crippen molar-refractivity contribution in [3.8, 4) is 0 Å². The van der Waals surface area contributed by atoms with E-state index in [2.05, 4.69) is 6.58 Å². The first kappa shape index (κ1) is 9.30. The van der Waals surface area contributed by atoms with E-state index in [0.29, 0.717) is 6.42 Å². The number of rotatable bonds is 2. The molecule has 1 rings (SSSR count). The third-order valence-electron chi connectivity index (χ3n) is 2.16. The Hall–Kier alpha value is -0.790. The standard InChI is InChI=1S/C10H16O2/c1-3-10(11)12-9-6-4-5-8(2)7-9/h9H,2-7H2,1H3. The maximum absolute atomic E-state index is 10.9. The van der Waals surface area contributed by atoms with E-state index in [0.717, 1.165) is 25.7 Å². The summed E-state index contributed by atoms with van der Waals surface area (Å²) in [6.45, 7) is 5.73. The lowest BCUT2D eigenvalue weighted by Crippen LogP contribution is -2.21. The number of esters is 1. The Labute approximate surface area is 73.6 Å². The first-order valence-corrected chi connectivity index (χ1v) is 4.58. The third-order valence-corrected chi connectivity index (χ3v) is 2.16. The summed E-state index contributed by atoms with van der Waals surface area (Å²) in [6.07, 6.45) is 4.67. The molecule has 12 heavy (non-hydrogen) atoms. The van der Waals surface area contributed by atoms with Crippen molar-refractivity contribution in [1.29, 1.82) is 0 Å². The van der Waals surface area contributed by atoms with Crippen LogP contribution in [0.25, 0.3) is 0 Å². The Morgan fingerprint density at radius 3 is 3.08 bits per heavy atom. The zero-order valence-electron chi connectivity index (χ0n) is 7.64. The maximum Gasteiger partial charge on any atom is 0.305 e. The van der Waals surface area contributed by atoms with E-state index in [1.807, 2.05) is 6.92 Å². The molecule has 0 radical (unpaired) electrons. The summed E-state index contributed by atoms with van der Waals surface area (Å²) >= 11 is 0. The molecule has 1 aliphatic rings. The SMILES string of the molecule is C=C1CCCC(OC(=O)CC)C1. The maximum atomic E-state index is 10.9. The van der Waals surface area contributed by atoms with Crippen LogP contribution >= 0.6 is 0 Å². The molecule has 0 heterocycles. The Balaban J connectivity index is 2.32. The molecule has 1 fully saturated rings. The van der Waals surface area contributed by atoms with Gasteiger partial charge in [-0.1, -0.05) is 19.1 Å². The molecule has 0 aliphatic heterocycles. The molecule has 0 bridgehead atoms. The second kappa shape index (κ2) is 4.29. The third kappa shape index (κ3) is 2.68. The molecule has 0 amide bonds. The Bertz CT molecular complexity index is 184. The van der Waals surface area contributed by atoms with Gasteiger partial charge in [0.2, 0.25) is 0 Å². The van der Waals surface area contributed by atoms with Crippen molar-refractivity contribution in [2.45, 2.75) is 45.1 Å². The number of hydrogen-bond donors (Lipinski definition) is 0. The minimum absolute atomic E-state index is 0.0882. The van der Waals surface area contributed by atoms with Crippen LogP contribution in [0.5, 0.6) is 0 Å². The van der Waals surface area contributed by atoms with E-state index in [9.17, 15) is 4.79 Å². The highest BCUT2D eigenvalue weighted by Gasteiger charge is 2.18. The van der Waals surface area contributed by atoms with Crippen LogP contribution < -0.4 is 0 Å². The molecule has 1 aliphatic carbocycles. The summed E-state index contributed by atoms with van der Waals surface area (Å²) in [6, 6.07) is 0. The molecule has 2 nitrogen and oxygen atoms in total. The van der Waals surface area contributed by atoms with Gasteiger partial charge in [0.15, 0.2) is 0 Å². The van der Waals surface area contributed by atoms with Gasteiger partial charge in [-0.05, 0) is 19.3 Å². The van der Waals surface area contributed by atoms with Crippen molar-refractivity contribution in [2.24, 2.45) is 0 Å². The Morgan fingerprint density at radius 2 is 2.50 bits per heavy atom. The first-order valence-electron chi connectivity index (χ1n) is 4.58. The highest BCUT2D eigenvalue weighted by molar-refractivity contribution is 5.69. The monoisotopic (exact) mass is 168 g/mol. The summed E-state index contributed by atoms with van der Waals surface area (Å²) in [7, 11) is 0. The van der Waals surface area contributed by atoms with Crippen LogP contribution in [0, 0.1) is 0 Å². The second-order valence-corrected chi connectivity index (χ2v) is 3.31. The fourth-order valence-corrected chi connectivity index (χ4v) is 1.48. The number of ether oxygens (including phenoxy) is 1. The van der Waals surface area contributed by atoms with Crippen LogP contribution in [0.1, 0.15) is 39.0 Å². The highest BCUT2D eigenvalue weighted by Crippen LogP contribution is 2.24. The lowest BCUT2D eigenvalue weighted by Gasteiger charge is -2.23. The molecule has 0 N–H and O–H groups in total. The van der Waals surface area contributed by atoms with Gasteiger partial charge < -0.3 is 4.74 Å². The van der Waals surface area contributed by atoms with Gasteiger partial charge in [0.05, 0.1) is 0 Å². The van der Waals surface area contributed by atoms with Crippen molar-refractivity contribution >= 4 is 5.97 Å². The van der Waals surface area contributed by atoms with Gasteiger partial charge in [0.1, 0.15) is 6.10 Å². The normalized spacial score (nSPS) is 23.8. The van der Waals surface area contributed by atoms with Gasteiger partial charge in [-0.25, -0.2) is 0 Å². The molecule has 1 unspecified atom stereocenters. The highest BCUT2D eigenvalue weighted by atomic mass is 16.5. The number of carbonyl (C=O) groups is 1. The predicted molar refractivity (Wildman–Crippen MR) is 47.8 cm³/mol. The van der Waals surface area contributed by atoms with E-state index < -0.39 is 0 Å². The minimum Gasteiger partial charge on any atom is -0.462 e. The largest absolute Gasteiger partial charge is 0.462 e. The van der Waals surface area contributed by atoms with Crippen LogP contribution in [0.15, 0.2) is 12.2 Å². The fourth-order valence-electron chi connectivity index (χ4n) is 1.48. The number of hydrogen-bond acceptors (Lipinski definition) is 2. The zero-order chi connectivity index (χ0) is 8.97. The summed E-state index contributed by atoms with van der Waals surface area (Å²) in [5, 5.41) is 0. The molecule has 0 spiro atoms. The number of carbonyl (C=O) groups excluding carboxylic acids is 1. The summed E-state index contributed by atoms with van der Waals surface area (Å²) in [5.41, 5.74) is 1.22. The van der Waals surface area contributed by atoms with E-state index in [-0.39, 0.29) is 12.1 Å². The van der Waals surface area contributed by atoms with Crippen molar-refractivity contribution in [2.75, 3.05) is 0 Å². The first-order chi connectivity index (χ1) is 5.72. The van der Waals surface area contributed by atoms with Gasteiger partial charge in [-0.15, -0.1) is 0 Å². The molecule has 0 aromatic rings. The van der Waals surface area contributed by atoms with Crippen molar-refractivity contribution in [1.82, 2.24) is 0 Å². The van der Waals surface area contributed by atoms with Crippen LogP contribution in [-0.2, 0) is 9.53 Å². The van der Waals surface area contributed by atoms with Gasteiger partial charge in [-0.3, -0.25) is 4.79 Å². The molecule has 2 heteroatoms. The van der Waals surface area contributed by atoms with Gasteiger partial charge in [0.25, 0.3) is 0 Å². The van der Waals surface area contributed by atoms with Crippen molar-refractivity contribution in [3.05, 3.63) is 12.2 Å². The topological polar surface area (TPSA) is 26.3 Å². The molecule has 0 saturated heterocycles. The summed E-state index contributed by atoms with van der Waals surface area (Å²) < 4.78 is 5.21. The molecular weight excluding hydrogens is 152 g/mol. The summed E-state index contributed by atoms with van der Waals surface area (Å²) in [5.74, 6) is -0.0882. The average molecular weight is 168 g/mol. The van der Waals surface area contributed by atoms with Crippen LogP contribution in [-0.4, -0.2) is 12.1 Å². The lowest BCUT2D eigenvalue weighted by molar-refractivity contribution is -0.149. The van der Waals surface area contributed by atoms with E-state index >= 15 is 0 Å². The van der Waals surface area contributed by atoms with E-state index in [4.69, 9.17) is 4.74 Å². The molecule has 1 saturated carbocycles. The second-order valence-electron chi connectivity index (χ2n) is 3.31. The average Bonchev–Trinajstić information content (AvgIpc) is 2.04. The quantitative estimate of drug-likeness (QED) is 0.467. The fraction of sp³-hybridized carbons (Fsp3) is 0.700. The van der Waals surface area contributed by atoms with Crippen molar-refractivity contribution < 1.29 is 9.53 Å². The predicted octanol–water partition coefficient (Wildman–Crippen LogP) is 2.44. The Kier molecular flexibility index (Phi) is 3.32. The van der Waals surface area contributed by atoms with Gasteiger partial charge in [0, 0.05) is 12.8 Å². The van der Waals surface area contributed by atoms with Crippen LogP contribution in [0.2, 0.25) is 0 Å². The van der Waals surface area contributed by atoms with E-state index in [1.165, 1.54) is 5.57 Å². The molecule has 0 aromatic carbocycles. The molecule has 68 valence electrons. The zero-order valence-corrected chi connectivity index (χ0v) is 7.64. The molecule has 0 aromatic heterocycles.